The van der Waals surface area contributed by atoms with Crippen molar-refractivity contribution in [2.24, 2.45) is 0 Å². The Morgan fingerprint density at radius 1 is 1.18 bits per heavy atom. The fourth-order valence-corrected chi connectivity index (χ4v) is 2.64. The quantitative estimate of drug-likeness (QED) is 0.752. The molecular weight excluding hydrogens is 278 g/mol. The SMILES string of the molecule is Cc1c(C)n(Cc2ccncc2)c2ncnc(NCCO)c12. The number of rotatable bonds is 5. The van der Waals surface area contributed by atoms with Crippen LogP contribution in [0.1, 0.15) is 16.8 Å². The van der Waals surface area contributed by atoms with Crippen LogP contribution >= 0.6 is 0 Å². The molecule has 0 saturated heterocycles. The average Bonchev–Trinajstić information content (AvgIpc) is 2.79. The Morgan fingerprint density at radius 3 is 2.68 bits per heavy atom. The second kappa shape index (κ2) is 6.11. The van der Waals surface area contributed by atoms with Crippen molar-refractivity contribution in [2.45, 2.75) is 20.4 Å². The summed E-state index contributed by atoms with van der Waals surface area (Å²) in [5.41, 5.74) is 4.41. The fourth-order valence-electron chi connectivity index (χ4n) is 2.64. The van der Waals surface area contributed by atoms with Crippen LogP contribution in [-0.4, -0.2) is 37.8 Å². The molecule has 114 valence electrons. The third kappa shape index (κ3) is 2.53. The van der Waals surface area contributed by atoms with Crippen molar-refractivity contribution in [3.05, 3.63) is 47.7 Å². The zero-order valence-electron chi connectivity index (χ0n) is 12.7. The summed E-state index contributed by atoms with van der Waals surface area (Å²) in [5.74, 6) is 0.771. The largest absolute Gasteiger partial charge is 0.395 e. The van der Waals surface area contributed by atoms with Crippen LogP contribution in [0.25, 0.3) is 11.0 Å². The molecule has 3 aromatic rings. The monoisotopic (exact) mass is 297 g/mol. The lowest BCUT2D eigenvalue weighted by molar-refractivity contribution is 0.311. The number of nitrogens with one attached hydrogen (secondary N) is 1. The first-order chi connectivity index (χ1) is 10.7. The second-order valence-electron chi connectivity index (χ2n) is 5.22. The third-order valence-electron chi connectivity index (χ3n) is 3.90. The van der Waals surface area contributed by atoms with Gasteiger partial charge in [0.1, 0.15) is 17.8 Å². The van der Waals surface area contributed by atoms with Gasteiger partial charge in [0, 0.05) is 31.2 Å². The molecule has 0 atom stereocenters. The van der Waals surface area contributed by atoms with Gasteiger partial charge in [0.05, 0.1) is 12.0 Å². The van der Waals surface area contributed by atoms with E-state index in [1.165, 1.54) is 11.3 Å². The van der Waals surface area contributed by atoms with Crippen molar-refractivity contribution in [3.63, 3.8) is 0 Å². The molecule has 0 fully saturated rings. The number of pyridine rings is 1. The van der Waals surface area contributed by atoms with E-state index in [9.17, 15) is 0 Å². The van der Waals surface area contributed by atoms with Crippen molar-refractivity contribution < 1.29 is 5.11 Å². The van der Waals surface area contributed by atoms with Crippen molar-refractivity contribution in [1.29, 1.82) is 0 Å². The van der Waals surface area contributed by atoms with Crippen LogP contribution < -0.4 is 5.32 Å². The molecule has 0 radical (unpaired) electrons. The van der Waals surface area contributed by atoms with Gasteiger partial charge in [-0.2, -0.15) is 0 Å². The number of anilines is 1. The minimum absolute atomic E-state index is 0.0707. The fraction of sp³-hybridized carbons (Fsp3) is 0.312. The summed E-state index contributed by atoms with van der Waals surface area (Å²) in [7, 11) is 0. The summed E-state index contributed by atoms with van der Waals surface area (Å²) in [5, 5.41) is 13.2. The van der Waals surface area contributed by atoms with E-state index in [0.717, 1.165) is 29.0 Å². The highest BCUT2D eigenvalue weighted by Gasteiger charge is 2.16. The van der Waals surface area contributed by atoms with E-state index in [1.807, 2.05) is 12.1 Å². The van der Waals surface area contributed by atoms with Gasteiger partial charge in [0.15, 0.2) is 0 Å². The first kappa shape index (κ1) is 14.5. The predicted molar refractivity (Wildman–Crippen MR) is 85.9 cm³/mol. The van der Waals surface area contributed by atoms with Gasteiger partial charge in [-0.15, -0.1) is 0 Å². The van der Waals surface area contributed by atoms with Crippen LogP contribution in [0.15, 0.2) is 30.9 Å². The number of aromatic nitrogens is 4. The maximum absolute atomic E-state index is 9.01. The Balaban J connectivity index is 2.09. The van der Waals surface area contributed by atoms with E-state index in [2.05, 4.69) is 38.7 Å². The van der Waals surface area contributed by atoms with Gasteiger partial charge in [0.25, 0.3) is 0 Å². The van der Waals surface area contributed by atoms with Crippen LogP contribution in [-0.2, 0) is 6.54 Å². The van der Waals surface area contributed by atoms with Gasteiger partial charge in [0.2, 0.25) is 0 Å². The number of hydrogen-bond acceptors (Lipinski definition) is 5. The van der Waals surface area contributed by atoms with Crippen LogP contribution in [0.3, 0.4) is 0 Å². The van der Waals surface area contributed by atoms with E-state index in [4.69, 9.17) is 5.11 Å². The Bertz CT molecular complexity index is 782. The normalized spacial score (nSPS) is 11.0. The molecule has 3 rings (SSSR count). The van der Waals surface area contributed by atoms with Crippen molar-refractivity contribution in [2.75, 3.05) is 18.5 Å². The van der Waals surface area contributed by atoms with Crippen molar-refractivity contribution >= 4 is 16.9 Å². The molecule has 0 amide bonds. The maximum Gasteiger partial charge on any atom is 0.146 e. The molecule has 0 aliphatic carbocycles. The minimum atomic E-state index is 0.0707. The topological polar surface area (TPSA) is 75.9 Å². The van der Waals surface area contributed by atoms with Gasteiger partial charge in [-0.1, -0.05) is 0 Å². The Morgan fingerprint density at radius 2 is 1.95 bits per heavy atom. The third-order valence-corrected chi connectivity index (χ3v) is 3.90. The van der Waals surface area contributed by atoms with Gasteiger partial charge in [-0.05, 0) is 37.1 Å². The van der Waals surface area contributed by atoms with Gasteiger partial charge >= 0.3 is 0 Å². The summed E-state index contributed by atoms with van der Waals surface area (Å²) in [6, 6.07) is 4.01. The number of fused-ring (bicyclic) bond motifs is 1. The molecule has 22 heavy (non-hydrogen) atoms. The Hall–Kier alpha value is -2.47. The summed E-state index contributed by atoms with van der Waals surface area (Å²) >= 11 is 0. The molecule has 0 bridgehead atoms. The number of nitrogens with zero attached hydrogens (tertiary/aromatic N) is 4. The highest BCUT2D eigenvalue weighted by Crippen LogP contribution is 2.29. The summed E-state index contributed by atoms with van der Waals surface area (Å²) in [6.07, 6.45) is 5.16. The van der Waals surface area contributed by atoms with Crippen LogP contribution in [0.4, 0.5) is 5.82 Å². The standard InChI is InChI=1S/C16H19N5O/c1-11-12(2)21(9-13-3-5-17-6-4-13)16-14(11)15(18-7-8-22)19-10-20-16/h3-6,10,22H,7-9H2,1-2H3,(H,18,19,20). The molecule has 0 aromatic carbocycles. The highest BCUT2D eigenvalue weighted by molar-refractivity contribution is 5.91. The van der Waals surface area contributed by atoms with E-state index in [1.54, 1.807) is 18.7 Å². The van der Waals surface area contributed by atoms with E-state index >= 15 is 0 Å². The number of hydrogen-bond donors (Lipinski definition) is 2. The Labute approximate surface area is 128 Å². The molecular formula is C16H19N5O. The maximum atomic E-state index is 9.01. The van der Waals surface area contributed by atoms with Gasteiger partial charge < -0.3 is 15.0 Å². The van der Waals surface area contributed by atoms with Crippen LogP contribution in [0.2, 0.25) is 0 Å². The van der Waals surface area contributed by atoms with Gasteiger partial charge in [-0.25, -0.2) is 9.97 Å². The van der Waals surface area contributed by atoms with Gasteiger partial charge in [-0.3, -0.25) is 4.98 Å². The van der Waals surface area contributed by atoms with Crippen molar-refractivity contribution in [1.82, 2.24) is 19.5 Å². The lowest BCUT2D eigenvalue weighted by atomic mass is 10.2. The highest BCUT2D eigenvalue weighted by atomic mass is 16.3. The van der Waals surface area contributed by atoms with Crippen LogP contribution in [0, 0.1) is 13.8 Å². The molecule has 0 aliphatic rings. The van der Waals surface area contributed by atoms with E-state index in [-0.39, 0.29) is 6.61 Å². The molecule has 6 heteroatoms. The Kier molecular flexibility index (Phi) is 4.02. The number of aryl methyl sites for hydroxylation is 1. The smallest absolute Gasteiger partial charge is 0.146 e. The molecule has 3 aromatic heterocycles. The molecule has 2 N–H and O–H groups in total. The lowest BCUT2D eigenvalue weighted by Gasteiger charge is -2.08. The molecule has 0 spiro atoms. The van der Waals surface area contributed by atoms with E-state index < -0.39 is 0 Å². The molecule has 0 saturated carbocycles. The minimum Gasteiger partial charge on any atom is -0.395 e. The lowest BCUT2D eigenvalue weighted by Crippen LogP contribution is -2.08. The predicted octanol–water partition coefficient (Wildman–Crippen LogP) is 1.90. The van der Waals surface area contributed by atoms with E-state index in [0.29, 0.717) is 6.54 Å². The summed E-state index contributed by atoms with van der Waals surface area (Å²) in [6.45, 7) is 5.46. The average molecular weight is 297 g/mol. The molecule has 0 unspecified atom stereocenters. The number of aliphatic hydroxyl groups is 1. The number of aliphatic hydroxyl groups excluding tert-OH is 1. The first-order valence-corrected chi connectivity index (χ1v) is 7.26. The summed E-state index contributed by atoms with van der Waals surface area (Å²) in [4.78, 5) is 12.8. The molecule has 3 heterocycles. The van der Waals surface area contributed by atoms with Crippen LogP contribution in [0.5, 0.6) is 0 Å². The summed E-state index contributed by atoms with van der Waals surface area (Å²) < 4.78 is 2.19. The first-order valence-electron chi connectivity index (χ1n) is 7.26. The zero-order valence-corrected chi connectivity index (χ0v) is 12.7. The second-order valence-corrected chi connectivity index (χ2v) is 5.22. The zero-order chi connectivity index (χ0) is 15.5. The molecule has 6 nitrogen and oxygen atoms in total. The van der Waals surface area contributed by atoms with Crippen molar-refractivity contribution in [3.8, 4) is 0 Å². The molecule has 0 aliphatic heterocycles.